The molecule has 1 heterocycles. The highest BCUT2D eigenvalue weighted by atomic mass is 32.2. The van der Waals surface area contributed by atoms with Crippen molar-refractivity contribution in [2.75, 3.05) is 26.5 Å². The summed E-state index contributed by atoms with van der Waals surface area (Å²) >= 11 is 1.43. The number of hydrogen-bond donors (Lipinski definition) is 0. The van der Waals surface area contributed by atoms with Crippen LogP contribution in [-0.4, -0.2) is 44.2 Å². The third kappa shape index (κ3) is 4.28. The number of ether oxygens (including phenoxy) is 1. The van der Waals surface area contributed by atoms with E-state index in [1.54, 1.807) is 6.07 Å². The van der Waals surface area contributed by atoms with Crippen LogP contribution in [0.1, 0.15) is 11.1 Å². The van der Waals surface area contributed by atoms with Gasteiger partial charge in [-0.1, -0.05) is 30.0 Å². The first-order valence-corrected chi connectivity index (χ1v) is 10.9. The normalized spacial score (nSPS) is 12.0. The monoisotopic (exact) mass is 406 g/mol. The predicted octanol–water partition coefficient (Wildman–Crippen LogP) is 3.87. The summed E-state index contributed by atoms with van der Waals surface area (Å²) in [6.07, 6.45) is 0. The molecule has 1 aromatic heterocycles. The molecule has 0 radical (unpaired) electrons. The van der Waals surface area contributed by atoms with E-state index in [1.807, 2.05) is 32.0 Å². The molecule has 8 heteroatoms. The molecule has 0 fully saturated rings. The molecule has 0 amide bonds. The number of aryl methyl sites for hydroxylation is 2. The lowest BCUT2D eigenvalue weighted by atomic mass is 10.1. The van der Waals surface area contributed by atoms with Gasteiger partial charge in [-0.15, -0.1) is 0 Å². The fourth-order valence-electron chi connectivity index (χ4n) is 2.62. The quantitative estimate of drug-likeness (QED) is 0.438. The van der Waals surface area contributed by atoms with Crippen molar-refractivity contribution >= 4 is 32.9 Å². The summed E-state index contributed by atoms with van der Waals surface area (Å²) in [5.41, 5.74) is 3.30. The summed E-state index contributed by atoms with van der Waals surface area (Å²) < 4.78 is 37.2. The number of oxazole rings is 1. The van der Waals surface area contributed by atoms with Gasteiger partial charge in [0.2, 0.25) is 10.0 Å². The molecule has 3 aromatic rings. The summed E-state index contributed by atoms with van der Waals surface area (Å²) in [6.45, 7) is 4.57. The van der Waals surface area contributed by atoms with Gasteiger partial charge in [-0.25, -0.2) is 17.7 Å². The molecule has 144 valence electrons. The Labute approximate surface area is 163 Å². The first kappa shape index (κ1) is 19.7. The largest absolute Gasteiger partial charge is 0.492 e. The number of aromatic nitrogens is 1. The Morgan fingerprint density at radius 3 is 2.52 bits per heavy atom. The zero-order valence-corrected chi connectivity index (χ0v) is 17.4. The topological polar surface area (TPSA) is 72.6 Å². The number of fused-ring (bicyclic) bond motifs is 1. The molecular weight excluding hydrogens is 384 g/mol. The zero-order valence-electron chi connectivity index (χ0n) is 15.7. The van der Waals surface area contributed by atoms with Gasteiger partial charge in [0.25, 0.3) is 5.22 Å². The van der Waals surface area contributed by atoms with Crippen LogP contribution in [0.5, 0.6) is 5.75 Å². The van der Waals surface area contributed by atoms with Crippen LogP contribution in [0, 0.1) is 13.8 Å². The molecule has 0 atom stereocenters. The zero-order chi connectivity index (χ0) is 19.6. The second kappa shape index (κ2) is 7.92. The van der Waals surface area contributed by atoms with Crippen LogP contribution in [0.2, 0.25) is 0 Å². The van der Waals surface area contributed by atoms with Crippen LogP contribution in [0.4, 0.5) is 0 Å². The fourth-order valence-corrected chi connectivity index (χ4v) is 4.19. The minimum absolute atomic E-state index is 0.197. The highest BCUT2D eigenvalue weighted by molar-refractivity contribution is 7.99. The van der Waals surface area contributed by atoms with Gasteiger partial charge in [0.15, 0.2) is 5.58 Å². The smallest absolute Gasteiger partial charge is 0.256 e. The van der Waals surface area contributed by atoms with Crippen molar-refractivity contribution in [1.29, 1.82) is 0 Å². The van der Waals surface area contributed by atoms with Crippen molar-refractivity contribution in [2.24, 2.45) is 0 Å². The molecule has 27 heavy (non-hydrogen) atoms. The van der Waals surface area contributed by atoms with Crippen LogP contribution in [-0.2, 0) is 10.0 Å². The summed E-state index contributed by atoms with van der Waals surface area (Å²) in [4.78, 5) is 4.58. The molecule has 2 aromatic carbocycles. The number of nitrogens with zero attached hydrogens (tertiary/aromatic N) is 2. The first-order chi connectivity index (χ1) is 12.8. The maximum atomic E-state index is 12.2. The van der Waals surface area contributed by atoms with Crippen LogP contribution in [0.25, 0.3) is 11.1 Å². The van der Waals surface area contributed by atoms with Gasteiger partial charge in [0, 0.05) is 19.8 Å². The Kier molecular flexibility index (Phi) is 5.78. The lowest BCUT2D eigenvalue weighted by molar-refractivity contribution is 0.338. The van der Waals surface area contributed by atoms with Gasteiger partial charge in [0.1, 0.15) is 11.3 Å². The summed E-state index contributed by atoms with van der Waals surface area (Å²) in [5.74, 6) is 1.58. The van der Waals surface area contributed by atoms with Gasteiger partial charge in [-0.05, 0) is 43.2 Å². The van der Waals surface area contributed by atoms with E-state index in [0.717, 1.165) is 16.9 Å². The molecular formula is C19H22N2O4S2. The highest BCUT2D eigenvalue weighted by Gasteiger charge is 2.19. The Balaban J connectivity index is 1.66. The first-order valence-electron chi connectivity index (χ1n) is 8.44. The number of thioether (sulfide) groups is 1. The van der Waals surface area contributed by atoms with Crippen LogP contribution in [0.3, 0.4) is 0 Å². The number of para-hydroxylation sites is 1. The van der Waals surface area contributed by atoms with Gasteiger partial charge in [-0.3, -0.25) is 0 Å². The van der Waals surface area contributed by atoms with E-state index in [9.17, 15) is 8.42 Å². The van der Waals surface area contributed by atoms with Crippen LogP contribution < -0.4 is 4.74 Å². The molecule has 0 aliphatic heterocycles. The van der Waals surface area contributed by atoms with Crippen LogP contribution in [0.15, 0.2) is 50.9 Å². The SMILES string of the molecule is Cc1cccc(C)c1OCCSc1nc2cc(S(=O)(=O)N(C)C)ccc2o1. The second-order valence-electron chi connectivity index (χ2n) is 6.31. The Morgan fingerprint density at radius 2 is 1.85 bits per heavy atom. The molecule has 0 spiro atoms. The van der Waals surface area contributed by atoms with E-state index in [0.29, 0.717) is 28.7 Å². The van der Waals surface area contributed by atoms with Crippen molar-refractivity contribution in [3.05, 3.63) is 47.5 Å². The Bertz CT molecular complexity index is 1040. The minimum atomic E-state index is -3.49. The second-order valence-corrected chi connectivity index (χ2v) is 9.51. The van der Waals surface area contributed by atoms with Gasteiger partial charge in [-0.2, -0.15) is 0 Å². The molecule has 3 rings (SSSR count). The fraction of sp³-hybridized carbons (Fsp3) is 0.316. The average molecular weight is 407 g/mol. The highest BCUT2D eigenvalue weighted by Crippen LogP contribution is 2.27. The average Bonchev–Trinajstić information content (AvgIpc) is 3.02. The van der Waals surface area contributed by atoms with Gasteiger partial charge < -0.3 is 9.15 Å². The lowest BCUT2D eigenvalue weighted by Crippen LogP contribution is -2.22. The molecule has 0 saturated heterocycles. The van der Waals surface area contributed by atoms with E-state index < -0.39 is 10.0 Å². The van der Waals surface area contributed by atoms with Crippen molar-refractivity contribution in [3.8, 4) is 5.75 Å². The van der Waals surface area contributed by atoms with Crippen molar-refractivity contribution < 1.29 is 17.6 Å². The van der Waals surface area contributed by atoms with Crippen molar-refractivity contribution in [1.82, 2.24) is 9.29 Å². The maximum Gasteiger partial charge on any atom is 0.256 e. The number of sulfonamides is 1. The minimum Gasteiger partial charge on any atom is -0.492 e. The van der Waals surface area contributed by atoms with Crippen molar-refractivity contribution in [2.45, 2.75) is 24.0 Å². The molecule has 0 bridgehead atoms. The van der Waals surface area contributed by atoms with E-state index in [4.69, 9.17) is 9.15 Å². The number of rotatable bonds is 7. The maximum absolute atomic E-state index is 12.2. The molecule has 0 N–H and O–H groups in total. The van der Waals surface area contributed by atoms with E-state index in [1.165, 1.54) is 42.3 Å². The predicted molar refractivity (Wildman–Crippen MR) is 107 cm³/mol. The third-order valence-electron chi connectivity index (χ3n) is 4.08. The molecule has 0 unspecified atom stereocenters. The summed E-state index contributed by atoms with van der Waals surface area (Å²) in [7, 11) is -0.494. The van der Waals surface area contributed by atoms with Crippen molar-refractivity contribution in [3.63, 3.8) is 0 Å². The van der Waals surface area contributed by atoms with Gasteiger partial charge in [0.05, 0.1) is 11.5 Å². The Hall–Kier alpha value is -2.03. The molecule has 0 aliphatic rings. The van der Waals surface area contributed by atoms with E-state index >= 15 is 0 Å². The number of hydrogen-bond acceptors (Lipinski definition) is 6. The summed E-state index contributed by atoms with van der Waals surface area (Å²) in [5, 5.41) is 0.495. The molecule has 0 aliphatic carbocycles. The molecule has 0 saturated carbocycles. The molecule has 6 nitrogen and oxygen atoms in total. The van der Waals surface area contributed by atoms with E-state index in [-0.39, 0.29) is 4.90 Å². The summed E-state index contributed by atoms with van der Waals surface area (Å²) in [6, 6.07) is 10.8. The third-order valence-corrected chi connectivity index (χ3v) is 6.69. The number of benzene rings is 2. The Morgan fingerprint density at radius 1 is 1.15 bits per heavy atom. The van der Waals surface area contributed by atoms with Crippen LogP contribution >= 0.6 is 11.8 Å². The van der Waals surface area contributed by atoms with E-state index in [2.05, 4.69) is 4.98 Å². The van der Waals surface area contributed by atoms with Gasteiger partial charge >= 0.3 is 0 Å². The standard InChI is InChI=1S/C19H22N2O4S2/c1-13-6-5-7-14(2)18(13)24-10-11-26-19-20-16-12-15(8-9-17(16)25-19)27(22,23)21(3)4/h5-9,12H,10-11H2,1-4H3. The lowest BCUT2D eigenvalue weighted by Gasteiger charge is -2.10.